The van der Waals surface area contributed by atoms with E-state index in [1.165, 1.54) is 27.6 Å². The van der Waals surface area contributed by atoms with Crippen LogP contribution in [0.5, 0.6) is 5.75 Å². The van der Waals surface area contributed by atoms with Crippen LogP contribution in [0, 0.1) is 12.7 Å². The summed E-state index contributed by atoms with van der Waals surface area (Å²) in [6.07, 6.45) is 1.46. The van der Waals surface area contributed by atoms with Gasteiger partial charge in [-0.2, -0.15) is 0 Å². The molecule has 0 spiro atoms. The Morgan fingerprint density at radius 1 is 0.884 bits per heavy atom. The summed E-state index contributed by atoms with van der Waals surface area (Å²) in [6.45, 7) is 1.68. The van der Waals surface area contributed by atoms with E-state index in [-0.39, 0.29) is 24.4 Å². The minimum absolute atomic E-state index is 0.000621. The molecule has 7 rings (SSSR count). The summed E-state index contributed by atoms with van der Waals surface area (Å²) in [5.74, 6) is -3.21. The number of amides is 2. The second kappa shape index (κ2) is 9.29. The van der Waals surface area contributed by atoms with Gasteiger partial charge >= 0.3 is 11.4 Å². The van der Waals surface area contributed by atoms with Crippen molar-refractivity contribution in [3.63, 3.8) is 0 Å². The zero-order valence-corrected chi connectivity index (χ0v) is 24.1. The highest BCUT2D eigenvalue weighted by atomic mass is 35.5. The number of para-hydroxylation sites is 1. The number of carbonyl (C=O) groups is 2. The fourth-order valence-corrected chi connectivity index (χ4v) is 7.61. The van der Waals surface area contributed by atoms with Crippen LogP contribution in [-0.2, 0) is 16.1 Å². The number of phenols is 1. The third kappa shape index (κ3) is 3.56. The molecule has 43 heavy (non-hydrogen) atoms. The molecule has 1 aromatic heterocycles. The molecule has 9 nitrogen and oxygen atoms in total. The minimum Gasteiger partial charge on any atom is -0.508 e. The van der Waals surface area contributed by atoms with Crippen molar-refractivity contribution in [1.29, 1.82) is 0 Å². The van der Waals surface area contributed by atoms with Gasteiger partial charge in [0.25, 0.3) is 11.8 Å². The van der Waals surface area contributed by atoms with E-state index in [1.54, 1.807) is 55.5 Å². The summed E-state index contributed by atoms with van der Waals surface area (Å²) >= 11 is 14.6. The number of aromatic nitrogens is 3. The molecule has 0 unspecified atom stereocenters. The molecule has 1 saturated heterocycles. The quantitative estimate of drug-likeness (QED) is 0.210. The van der Waals surface area contributed by atoms with Crippen molar-refractivity contribution >= 4 is 40.7 Å². The average Bonchev–Trinajstić information content (AvgIpc) is 3.33. The topological polar surface area (TPSA) is 107 Å². The zero-order valence-electron chi connectivity index (χ0n) is 22.6. The van der Waals surface area contributed by atoms with Gasteiger partial charge in [0.15, 0.2) is 9.75 Å². The fourth-order valence-electron chi connectivity index (χ4n) is 6.69. The molecule has 12 heteroatoms. The molecule has 2 aliphatic heterocycles. The second-order valence-corrected chi connectivity index (χ2v) is 12.2. The standard InChI is InChI=1S/C31H23Cl2FN4O5/c1-17-15-18(7-12-24(17)39)25-22-13-14-35-28(42)37(20-5-3-2-4-6-20)29(43)38(35)23(22)16-30(32)26(40)36(27(41)31(25,30)33)21-10-8-19(34)9-11-21/h2-13,15,23,25,39H,14,16H2,1H3/t23-,25+,30-,31+/m1/s1. The van der Waals surface area contributed by atoms with Gasteiger partial charge < -0.3 is 5.11 Å². The number of fused-ring (bicyclic) bond motifs is 4. The molecular weight excluding hydrogens is 598 g/mol. The normalized spacial score (nSPS) is 26.1. The van der Waals surface area contributed by atoms with E-state index < -0.39 is 50.7 Å². The molecule has 3 aliphatic rings. The van der Waals surface area contributed by atoms with Crippen LogP contribution in [0.3, 0.4) is 0 Å². The highest BCUT2D eigenvalue weighted by Crippen LogP contribution is 2.63. The van der Waals surface area contributed by atoms with Gasteiger partial charge in [-0.15, -0.1) is 23.2 Å². The molecule has 1 aliphatic carbocycles. The lowest BCUT2D eigenvalue weighted by Gasteiger charge is -2.49. The number of phenolic OH excluding ortho intramolecular Hbond substituents is 1. The van der Waals surface area contributed by atoms with Crippen molar-refractivity contribution in [3.8, 4) is 11.4 Å². The van der Waals surface area contributed by atoms with Crippen LogP contribution in [0.15, 0.2) is 94.0 Å². The molecule has 3 aromatic carbocycles. The smallest absolute Gasteiger partial charge is 0.352 e. The predicted molar refractivity (Wildman–Crippen MR) is 158 cm³/mol. The third-order valence-corrected chi connectivity index (χ3v) is 10.1. The lowest BCUT2D eigenvalue weighted by molar-refractivity contribution is -0.122. The van der Waals surface area contributed by atoms with Gasteiger partial charge in [0.1, 0.15) is 11.6 Å². The Hall–Kier alpha value is -4.41. The maximum absolute atomic E-state index is 14.3. The number of benzene rings is 3. The van der Waals surface area contributed by atoms with Crippen molar-refractivity contribution in [1.82, 2.24) is 13.9 Å². The summed E-state index contributed by atoms with van der Waals surface area (Å²) in [5, 5.41) is 10.3. The molecule has 0 radical (unpaired) electrons. The number of hydrogen-bond acceptors (Lipinski definition) is 5. The summed E-state index contributed by atoms with van der Waals surface area (Å²) in [7, 11) is 0. The fraction of sp³-hybridized carbons (Fsp3) is 0.226. The Balaban J connectivity index is 1.47. The van der Waals surface area contributed by atoms with E-state index in [9.17, 15) is 28.7 Å². The predicted octanol–water partition coefficient (Wildman–Crippen LogP) is 4.15. The minimum atomic E-state index is -2.08. The molecule has 2 amide bonds. The Bertz CT molecular complexity index is 2000. The Morgan fingerprint density at radius 3 is 2.26 bits per heavy atom. The van der Waals surface area contributed by atoms with Crippen LogP contribution in [0.4, 0.5) is 10.1 Å². The highest BCUT2D eigenvalue weighted by Gasteiger charge is 2.75. The zero-order chi connectivity index (χ0) is 30.4. The van der Waals surface area contributed by atoms with E-state index in [4.69, 9.17) is 23.2 Å². The lowest BCUT2D eigenvalue weighted by Crippen LogP contribution is -2.59. The Labute approximate surface area is 253 Å². The number of hydrogen-bond donors (Lipinski definition) is 1. The van der Waals surface area contributed by atoms with E-state index in [2.05, 4.69) is 0 Å². The molecule has 3 heterocycles. The highest BCUT2D eigenvalue weighted by molar-refractivity contribution is 6.58. The first-order chi connectivity index (χ1) is 20.5. The molecule has 0 bridgehead atoms. The van der Waals surface area contributed by atoms with Crippen LogP contribution < -0.4 is 16.3 Å². The number of aromatic hydroxyl groups is 1. The average molecular weight is 621 g/mol. The first-order valence-corrected chi connectivity index (χ1v) is 14.3. The maximum atomic E-state index is 14.3. The molecule has 1 N–H and O–H groups in total. The number of anilines is 1. The van der Waals surface area contributed by atoms with E-state index >= 15 is 0 Å². The van der Waals surface area contributed by atoms with Gasteiger partial charge in [0.05, 0.1) is 24.0 Å². The molecule has 218 valence electrons. The number of halogens is 3. The first-order valence-electron chi connectivity index (χ1n) is 13.5. The van der Waals surface area contributed by atoms with Gasteiger partial charge in [-0.05, 0) is 66.1 Å². The largest absolute Gasteiger partial charge is 0.508 e. The van der Waals surface area contributed by atoms with Crippen LogP contribution in [0.1, 0.15) is 29.5 Å². The number of rotatable bonds is 3. The van der Waals surface area contributed by atoms with Gasteiger partial charge in [-0.1, -0.05) is 36.4 Å². The number of alkyl halides is 2. The summed E-state index contributed by atoms with van der Waals surface area (Å²) in [5.41, 5.74) is 0.765. The van der Waals surface area contributed by atoms with Gasteiger partial charge in [0, 0.05) is 12.3 Å². The van der Waals surface area contributed by atoms with Crippen LogP contribution in [0.25, 0.3) is 5.69 Å². The molecule has 2 fully saturated rings. The van der Waals surface area contributed by atoms with E-state index in [0.717, 1.165) is 21.6 Å². The van der Waals surface area contributed by atoms with E-state index in [1.807, 2.05) is 0 Å². The van der Waals surface area contributed by atoms with Crippen LogP contribution >= 0.6 is 23.2 Å². The number of aryl methyl sites for hydroxylation is 1. The first kappa shape index (κ1) is 27.4. The Kier molecular flexibility index (Phi) is 5.93. The van der Waals surface area contributed by atoms with Crippen LogP contribution in [-0.4, -0.2) is 40.6 Å². The maximum Gasteiger partial charge on any atom is 0.352 e. The van der Waals surface area contributed by atoms with Gasteiger partial charge in [-0.3, -0.25) is 9.59 Å². The summed E-state index contributed by atoms with van der Waals surface area (Å²) in [6, 6.07) is 17.1. The number of allylic oxidation sites excluding steroid dienone is 2. The number of imide groups is 1. The third-order valence-electron chi connectivity index (χ3n) is 8.73. The molecule has 4 atom stereocenters. The second-order valence-electron chi connectivity index (χ2n) is 11.0. The van der Waals surface area contributed by atoms with Gasteiger partial charge in [0.2, 0.25) is 0 Å². The monoisotopic (exact) mass is 620 g/mol. The van der Waals surface area contributed by atoms with Crippen molar-refractivity contribution in [2.24, 2.45) is 0 Å². The van der Waals surface area contributed by atoms with Crippen LogP contribution in [0.2, 0.25) is 0 Å². The number of carbonyl (C=O) groups excluding carboxylic acids is 2. The van der Waals surface area contributed by atoms with Crippen molar-refractivity contribution in [2.45, 2.75) is 41.6 Å². The summed E-state index contributed by atoms with van der Waals surface area (Å²) < 4.78 is 17.4. The van der Waals surface area contributed by atoms with Crippen molar-refractivity contribution in [3.05, 3.63) is 122 Å². The molecular formula is C31H23Cl2FN4O5. The summed E-state index contributed by atoms with van der Waals surface area (Å²) in [4.78, 5) is 52.7. The number of nitrogens with zero attached hydrogens (tertiary/aromatic N) is 4. The van der Waals surface area contributed by atoms with E-state index in [0.29, 0.717) is 22.4 Å². The molecule has 1 saturated carbocycles. The van der Waals surface area contributed by atoms with Crippen molar-refractivity contribution in [2.75, 3.05) is 4.90 Å². The Morgan fingerprint density at radius 2 is 1.58 bits per heavy atom. The van der Waals surface area contributed by atoms with Crippen molar-refractivity contribution < 1.29 is 19.1 Å². The SMILES string of the molecule is Cc1cc([C@H]2C3=CCn4c(=O)n(-c5ccccc5)c(=O)n4[C@@H]3C[C@@]3(Cl)C(=O)N(c4ccc(F)cc4)C(=O)[C@@]23Cl)ccc1O. The van der Waals surface area contributed by atoms with Gasteiger partial charge in [-0.25, -0.2) is 32.8 Å². The lowest BCUT2D eigenvalue weighted by atomic mass is 9.64. The molecule has 4 aromatic rings.